The van der Waals surface area contributed by atoms with Gasteiger partial charge < -0.3 is 16.0 Å². The number of amides is 3. The van der Waals surface area contributed by atoms with Gasteiger partial charge >= 0.3 is 0 Å². The second kappa shape index (κ2) is 9.78. The fraction of sp³-hybridized carbons (Fsp3) is 0.318. The normalized spacial score (nSPS) is 13.9. The van der Waals surface area contributed by atoms with Crippen LogP contribution in [-0.2, 0) is 4.79 Å². The third kappa shape index (κ3) is 5.82. The van der Waals surface area contributed by atoms with Crippen molar-refractivity contribution in [2.24, 2.45) is 5.92 Å². The number of hydrogen-bond donors (Lipinski definition) is 3. The summed E-state index contributed by atoms with van der Waals surface area (Å²) in [5, 5.41) is 19.2. The Hall–Kier alpha value is -3.46. The number of nitrogens with zero attached hydrogens (tertiary/aromatic N) is 1. The maximum atomic E-state index is 12.8. The molecular formula is C22H23ClN4O5. The molecule has 3 amide bonds. The Bertz CT molecular complexity index is 1050. The molecule has 1 saturated carbocycles. The second-order valence-electron chi connectivity index (χ2n) is 7.93. The first-order valence-electron chi connectivity index (χ1n) is 10.1. The summed E-state index contributed by atoms with van der Waals surface area (Å²) in [4.78, 5) is 47.9. The molecule has 3 N–H and O–H groups in total. The van der Waals surface area contributed by atoms with Crippen molar-refractivity contribution in [3.63, 3.8) is 0 Å². The summed E-state index contributed by atoms with van der Waals surface area (Å²) in [6.07, 6.45) is 1.98. The van der Waals surface area contributed by atoms with Gasteiger partial charge in [0.25, 0.3) is 17.5 Å². The molecule has 0 aliphatic heterocycles. The predicted octanol–water partition coefficient (Wildman–Crippen LogP) is 3.53. The lowest BCUT2D eigenvalue weighted by Gasteiger charge is -2.22. The van der Waals surface area contributed by atoms with Crippen LogP contribution in [0.1, 0.15) is 47.4 Å². The summed E-state index contributed by atoms with van der Waals surface area (Å²) >= 11 is 5.79. The van der Waals surface area contributed by atoms with Crippen LogP contribution in [0.15, 0.2) is 42.5 Å². The highest BCUT2D eigenvalue weighted by Gasteiger charge is 2.26. The molecule has 3 rings (SSSR count). The van der Waals surface area contributed by atoms with E-state index in [1.54, 1.807) is 38.1 Å². The van der Waals surface area contributed by atoms with E-state index < -0.39 is 28.5 Å². The molecule has 0 bridgehead atoms. The summed E-state index contributed by atoms with van der Waals surface area (Å²) in [6, 6.07) is 9.49. The van der Waals surface area contributed by atoms with Crippen LogP contribution in [-0.4, -0.2) is 34.7 Å². The molecule has 9 nitrogen and oxygen atoms in total. The number of carbonyl (C=O) groups is 3. The van der Waals surface area contributed by atoms with Gasteiger partial charge in [0.05, 0.1) is 4.92 Å². The third-order valence-electron chi connectivity index (χ3n) is 4.97. The van der Waals surface area contributed by atoms with Gasteiger partial charge in [-0.2, -0.15) is 0 Å². The van der Waals surface area contributed by atoms with Crippen molar-refractivity contribution >= 4 is 40.7 Å². The molecule has 10 heteroatoms. The van der Waals surface area contributed by atoms with E-state index in [0.717, 1.165) is 18.9 Å². The fourth-order valence-corrected chi connectivity index (χ4v) is 3.16. The monoisotopic (exact) mass is 458 g/mol. The number of rotatable bonds is 8. The largest absolute Gasteiger partial charge is 0.349 e. The number of benzene rings is 2. The quantitative estimate of drug-likeness (QED) is 0.411. The molecule has 168 valence electrons. The average Bonchev–Trinajstić information content (AvgIpc) is 3.56. The molecule has 1 fully saturated rings. The number of carbonyl (C=O) groups excluding carboxylic acids is 3. The molecule has 0 radical (unpaired) electrons. The van der Waals surface area contributed by atoms with E-state index in [0.29, 0.717) is 11.3 Å². The highest BCUT2D eigenvalue weighted by molar-refractivity contribution is 6.32. The van der Waals surface area contributed by atoms with Crippen molar-refractivity contribution in [3.05, 3.63) is 68.7 Å². The Morgan fingerprint density at radius 3 is 2.22 bits per heavy atom. The van der Waals surface area contributed by atoms with E-state index in [1.807, 2.05) is 0 Å². The van der Waals surface area contributed by atoms with Crippen LogP contribution in [0.2, 0.25) is 5.02 Å². The van der Waals surface area contributed by atoms with Crippen LogP contribution in [0.3, 0.4) is 0 Å². The lowest BCUT2D eigenvalue weighted by molar-refractivity contribution is -0.384. The summed E-state index contributed by atoms with van der Waals surface area (Å²) in [5.41, 5.74) is 0.592. The Morgan fingerprint density at radius 1 is 1.03 bits per heavy atom. The highest BCUT2D eigenvalue weighted by Crippen LogP contribution is 2.25. The smallest absolute Gasteiger partial charge is 0.288 e. The van der Waals surface area contributed by atoms with Crippen molar-refractivity contribution in [2.75, 3.05) is 5.32 Å². The SMILES string of the molecule is CC(C)[C@H](NC(=O)c1ccc(Cl)c([N+](=O)[O-])c1)C(=O)Nc1ccc(C(=O)NC2CC2)cc1. The molecule has 1 aliphatic carbocycles. The maximum absolute atomic E-state index is 12.8. The van der Waals surface area contributed by atoms with Gasteiger partial charge in [0, 0.05) is 28.9 Å². The molecule has 0 saturated heterocycles. The van der Waals surface area contributed by atoms with Crippen molar-refractivity contribution in [1.29, 1.82) is 0 Å². The highest BCUT2D eigenvalue weighted by atomic mass is 35.5. The van der Waals surface area contributed by atoms with Gasteiger partial charge in [-0.05, 0) is 55.2 Å². The number of halogens is 1. The minimum absolute atomic E-state index is 0.0191. The van der Waals surface area contributed by atoms with E-state index in [1.165, 1.54) is 12.1 Å². The maximum Gasteiger partial charge on any atom is 0.288 e. The lowest BCUT2D eigenvalue weighted by Crippen LogP contribution is -2.47. The lowest BCUT2D eigenvalue weighted by atomic mass is 10.0. The van der Waals surface area contributed by atoms with Crippen LogP contribution in [0.25, 0.3) is 0 Å². The van der Waals surface area contributed by atoms with Crippen molar-refractivity contribution in [3.8, 4) is 0 Å². The van der Waals surface area contributed by atoms with E-state index >= 15 is 0 Å². The first-order chi connectivity index (χ1) is 15.2. The molecular weight excluding hydrogens is 436 g/mol. The Kier molecular flexibility index (Phi) is 7.09. The first-order valence-corrected chi connectivity index (χ1v) is 10.5. The molecule has 2 aromatic rings. The van der Waals surface area contributed by atoms with Crippen molar-refractivity contribution in [2.45, 2.75) is 38.8 Å². The summed E-state index contributed by atoms with van der Waals surface area (Å²) in [5.74, 6) is -1.50. The van der Waals surface area contributed by atoms with E-state index in [9.17, 15) is 24.5 Å². The molecule has 32 heavy (non-hydrogen) atoms. The standard InChI is InChI=1S/C22H23ClN4O5/c1-12(2)19(26-21(29)14-5-10-17(23)18(11-14)27(31)32)22(30)25-15-6-3-13(4-7-15)20(28)24-16-8-9-16/h3-7,10-12,16,19H,8-9H2,1-2H3,(H,24,28)(H,25,30)(H,26,29)/t19-/m0/s1. The number of hydrogen-bond acceptors (Lipinski definition) is 5. The number of nitro benzene ring substituents is 1. The van der Waals surface area contributed by atoms with E-state index in [4.69, 9.17) is 11.6 Å². The Morgan fingerprint density at radius 2 is 1.66 bits per heavy atom. The minimum Gasteiger partial charge on any atom is -0.349 e. The zero-order chi connectivity index (χ0) is 23.4. The Balaban J connectivity index is 1.66. The molecule has 0 unspecified atom stereocenters. The molecule has 0 spiro atoms. The summed E-state index contributed by atoms with van der Waals surface area (Å²) < 4.78 is 0. The summed E-state index contributed by atoms with van der Waals surface area (Å²) in [6.45, 7) is 3.53. The van der Waals surface area contributed by atoms with Gasteiger partial charge in [-0.25, -0.2) is 0 Å². The molecule has 1 aliphatic rings. The van der Waals surface area contributed by atoms with Crippen molar-refractivity contribution < 1.29 is 19.3 Å². The molecule has 1 atom stereocenters. The molecule has 0 aromatic heterocycles. The topological polar surface area (TPSA) is 130 Å². The summed E-state index contributed by atoms with van der Waals surface area (Å²) in [7, 11) is 0. The molecule has 0 heterocycles. The zero-order valence-electron chi connectivity index (χ0n) is 17.6. The third-order valence-corrected chi connectivity index (χ3v) is 5.29. The minimum atomic E-state index is -0.893. The van der Waals surface area contributed by atoms with Crippen LogP contribution in [0, 0.1) is 16.0 Å². The first kappa shape index (κ1) is 23.2. The van der Waals surface area contributed by atoms with Gasteiger partial charge in [0.1, 0.15) is 11.1 Å². The average molecular weight is 459 g/mol. The van der Waals surface area contributed by atoms with Crippen LogP contribution >= 0.6 is 11.6 Å². The number of nitro groups is 1. The van der Waals surface area contributed by atoms with Crippen LogP contribution < -0.4 is 16.0 Å². The number of nitrogens with one attached hydrogen (secondary N) is 3. The zero-order valence-corrected chi connectivity index (χ0v) is 18.3. The predicted molar refractivity (Wildman–Crippen MR) is 120 cm³/mol. The van der Waals surface area contributed by atoms with Gasteiger partial charge in [0.2, 0.25) is 5.91 Å². The Labute approximate surface area is 189 Å². The molecule has 2 aromatic carbocycles. The van der Waals surface area contributed by atoms with E-state index in [2.05, 4.69) is 16.0 Å². The van der Waals surface area contributed by atoms with Gasteiger partial charge in [0.15, 0.2) is 0 Å². The fourth-order valence-electron chi connectivity index (χ4n) is 2.97. The van der Waals surface area contributed by atoms with Gasteiger partial charge in [-0.15, -0.1) is 0 Å². The van der Waals surface area contributed by atoms with E-state index in [-0.39, 0.29) is 28.5 Å². The van der Waals surface area contributed by atoms with Gasteiger partial charge in [-0.1, -0.05) is 25.4 Å². The van der Waals surface area contributed by atoms with Gasteiger partial charge in [-0.3, -0.25) is 24.5 Å². The van der Waals surface area contributed by atoms with Crippen LogP contribution in [0.5, 0.6) is 0 Å². The number of anilines is 1. The second-order valence-corrected chi connectivity index (χ2v) is 8.34. The van der Waals surface area contributed by atoms with Crippen LogP contribution in [0.4, 0.5) is 11.4 Å². The van der Waals surface area contributed by atoms with Crippen molar-refractivity contribution in [1.82, 2.24) is 10.6 Å².